The number of nitrogens with one attached hydrogen (secondary N) is 1. The molecule has 2 aromatic heterocycles. The number of carbonyl (C=O) groups is 2. The molecule has 0 unspecified atom stereocenters. The van der Waals surface area contributed by atoms with Crippen molar-refractivity contribution < 1.29 is 18.7 Å². The minimum atomic E-state index is -0.648. The number of fused-ring (bicyclic) bond motifs is 1. The molecule has 5 nitrogen and oxygen atoms in total. The Kier molecular flexibility index (Phi) is 5.31. The summed E-state index contributed by atoms with van der Waals surface area (Å²) in [6.07, 6.45) is 0. The van der Waals surface area contributed by atoms with Gasteiger partial charge in [0.25, 0.3) is 5.91 Å². The molecule has 1 amide bonds. The lowest BCUT2D eigenvalue weighted by molar-refractivity contribution is -0.119. The summed E-state index contributed by atoms with van der Waals surface area (Å²) in [6.45, 7) is -0.530. The van der Waals surface area contributed by atoms with Gasteiger partial charge in [-0.25, -0.2) is 14.2 Å². The minimum Gasteiger partial charge on any atom is -0.452 e. The van der Waals surface area contributed by atoms with E-state index in [-0.39, 0.29) is 5.69 Å². The molecule has 2 aromatic carbocycles. The first-order valence-electron chi connectivity index (χ1n) is 8.77. The van der Waals surface area contributed by atoms with Crippen molar-refractivity contribution in [3.8, 4) is 10.6 Å². The molecule has 4 aromatic rings. The smallest absolute Gasteiger partial charge is 0.339 e. The van der Waals surface area contributed by atoms with Crippen LogP contribution in [0.2, 0.25) is 0 Å². The Labute approximate surface area is 169 Å². The van der Waals surface area contributed by atoms with Gasteiger partial charge in [0.05, 0.1) is 27.3 Å². The van der Waals surface area contributed by atoms with Crippen molar-refractivity contribution in [2.75, 3.05) is 11.9 Å². The van der Waals surface area contributed by atoms with Gasteiger partial charge in [0.2, 0.25) is 0 Å². The van der Waals surface area contributed by atoms with Crippen LogP contribution in [0.1, 0.15) is 10.4 Å². The Morgan fingerprint density at radius 2 is 1.83 bits per heavy atom. The van der Waals surface area contributed by atoms with E-state index in [1.807, 2.05) is 29.6 Å². The minimum absolute atomic E-state index is 0.0305. The maximum atomic E-state index is 13.6. The van der Waals surface area contributed by atoms with Crippen LogP contribution in [-0.2, 0) is 9.53 Å². The number of esters is 1. The summed E-state index contributed by atoms with van der Waals surface area (Å²) in [5.74, 6) is -1.83. The van der Waals surface area contributed by atoms with Gasteiger partial charge < -0.3 is 10.1 Å². The van der Waals surface area contributed by atoms with Crippen LogP contribution < -0.4 is 5.32 Å². The molecule has 0 fully saturated rings. The van der Waals surface area contributed by atoms with Crippen molar-refractivity contribution >= 4 is 39.8 Å². The highest BCUT2D eigenvalue weighted by Gasteiger charge is 2.17. The Morgan fingerprint density at radius 3 is 2.62 bits per heavy atom. The van der Waals surface area contributed by atoms with Gasteiger partial charge in [-0.1, -0.05) is 36.4 Å². The number of carbonyl (C=O) groups excluding carboxylic acids is 2. The summed E-state index contributed by atoms with van der Waals surface area (Å²) in [5.41, 5.74) is 1.66. The lowest BCUT2D eigenvalue weighted by Gasteiger charge is -2.10. The standard InChI is InChI=1S/C22H15FN2O3S/c23-16-7-2-4-9-18(16)25-21(26)13-28-22(27)15-12-19(20-10-5-11-29-20)24-17-8-3-1-6-14(15)17/h1-12H,13H2,(H,25,26). The summed E-state index contributed by atoms with van der Waals surface area (Å²) in [7, 11) is 0. The van der Waals surface area contributed by atoms with E-state index >= 15 is 0 Å². The monoisotopic (exact) mass is 406 g/mol. The zero-order chi connectivity index (χ0) is 20.2. The van der Waals surface area contributed by atoms with Crippen molar-refractivity contribution in [1.82, 2.24) is 4.98 Å². The molecule has 0 aliphatic carbocycles. The molecular weight excluding hydrogens is 391 g/mol. The maximum Gasteiger partial charge on any atom is 0.339 e. The predicted molar refractivity (Wildman–Crippen MR) is 110 cm³/mol. The van der Waals surface area contributed by atoms with Gasteiger partial charge in [-0.3, -0.25) is 4.79 Å². The molecule has 0 atom stereocenters. The summed E-state index contributed by atoms with van der Waals surface area (Å²) in [5, 5.41) is 4.95. The van der Waals surface area contributed by atoms with Crippen molar-refractivity contribution in [3.05, 3.63) is 83.5 Å². The quantitative estimate of drug-likeness (QED) is 0.479. The number of aromatic nitrogens is 1. The van der Waals surface area contributed by atoms with Crippen LogP contribution in [0.3, 0.4) is 0 Å². The van der Waals surface area contributed by atoms with E-state index in [2.05, 4.69) is 10.3 Å². The van der Waals surface area contributed by atoms with Crippen molar-refractivity contribution in [2.45, 2.75) is 0 Å². The Hall–Kier alpha value is -3.58. The second-order valence-electron chi connectivity index (χ2n) is 6.15. The van der Waals surface area contributed by atoms with Crippen LogP contribution in [-0.4, -0.2) is 23.5 Å². The fourth-order valence-electron chi connectivity index (χ4n) is 2.85. The number of amides is 1. The number of nitrogens with zero attached hydrogens (tertiary/aromatic N) is 1. The fraction of sp³-hybridized carbons (Fsp3) is 0.0455. The van der Waals surface area contributed by atoms with Gasteiger partial charge in [0.1, 0.15) is 5.82 Å². The first-order chi connectivity index (χ1) is 14.1. The van der Waals surface area contributed by atoms with Gasteiger partial charge in [-0.15, -0.1) is 11.3 Å². The third-order valence-corrected chi connectivity index (χ3v) is 5.08. The molecule has 0 bridgehead atoms. The van der Waals surface area contributed by atoms with E-state index in [4.69, 9.17) is 4.74 Å². The number of pyridine rings is 1. The Bertz CT molecular complexity index is 1190. The molecular formula is C22H15FN2O3S. The molecule has 0 spiro atoms. The van der Waals surface area contributed by atoms with Gasteiger partial charge in [-0.2, -0.15) is 0 Å². The molecule has 2 heterocycles. The van der Waals surface area contributed by atoms with Crippen LogP contribution in [0.5, 0.6) is 0 Å². The molecule has 144 valence electrons. The van der Waals surface area contributed by atoms with Gasteiger partial charge in [-0.05, 0) is 35.7 Å². The molecule has 1 N–H and O–H groups in total. The third-order valence-electron chi connectivity index (χ3n) is 4.19. The lowest BCUT2D eigenvalue weighted by atomic mass is 10.1. The highest BCUT2D eigenvalue weighted by molar-refractivity contribution is 7.13. The molecule has 0 aliphatic rings. The van der Waals surface area contributed by atoms with Gasteiger partial charge >= 0.3 is 5.97 Å². The van der Waals surface area contributed by atoms with E-state index in [1.165, 1.54) is 29.5 Å². The second kappa shape index (κ2) is 8.20. The predicted octanol–water partition coefficient (Wildman–Crippen LogP) is 4.90. The van der Waals surface area contributed by atoms with Crippen molar-refractivity contribution in [3.63, 3.8) is 0 Å². The average molecular weight is 406 g/mol. The number of benzene rings is 2. The summed E-state index contributed by atoms with van der Waals surface area (Å²) < 4.78 is 18.8. The normalized spacial score (nSPS) is 10.7. The van der Waals surface area contributed by atoms with E-state index in [0.29, 0.717) is 22.2 Å². The topological polar surface area (TPSA) is 68.3 Å². The summed E-state index contributed by atoms with van der Waals surface area (Å²) >= 11 is 1.51. The number of para-hydroxylation sites is 2. The van der Waals surface area contributed by atoms with Crippen LogP contribution in [0.25, 0.3) is 21.5 Å². The number of rotatable bonds is 5. The summed E-state index contributed by atoms with van der Waals surface area (Å²) in [4.78, 5) is 30.3. The average Bonchev–Trinajstić information content (AvgIpc) is 3.28. The lowest BCUT2D eigenvalue weighted by Crippen LogP contribution is -2.21. The second-order valence-corrected chi connectivity index (χ2v) is 7.10. The molecule has 0 saturated carbocycles. The maximum absolute atomic E-state index is 13.6. The zero-order valence-electron chi connectivity index (χ0n) is 15.1. The SMILES string of the molecule is O=C(COC(=O)c1cc(-c2cccs2)nc2ccccc12)Nc1ccccc1F. The fourth-order valence-corrected chi connectivity index (χ4v) is 3.54. The van der Waals surface area contributed by atoms with Crippen LogP contribution in [0.15, 0.2) is 72.1 Å². The third kappa shape index (κ3) is 4.14. The number of ether oxygens (including phenoxy) is 1. The Balaban J connectivity index is 1.55. The molecule has 7 heteroatoms. The summed E-state index contributed by atoms with van der Waals surface area (Å²) in [6, 6.07) is 18.5. The first kappa shape index (κ1) is 18.8. The molecule has 0 aliphatic heterocycles. The number of hydrogen-bond donors (Lipinski definition) is 1. The van der Waals surface area contributed by atoms with Crippen molar-refractivity contribution in [1.29, 1.82) is 0 Å². The largest absolute Gasteiger partial charge is 0.452 e. The molecule has 4 rings (SSSR count). The number of anilines is 1. The van der Waals surface area contributed by atoms with Crippen LogP contribution in [0.4, 0.5) is 10.1 Å². The molecule has 29 heavy (non-hydrogen) atoms. The van der Waals surface area contributed by atoms with E-state index in [9.17, 15) is 14.0 Å². The molecule has 0 radical (unpaired) electrons. The zero-order valence-corrected chi connectivity index (χ0v) is 15.9. The van der Waals surface area contributed by atoms with Gasteiger partial charge in [0, 0.05) is 5.39 Å². The number of halogens is 1. The number of thiophene rings is 1. The molecule has 0 saturated heterocycles. The van der Waals surface area contributed by atoms with Gasteiger partial charge in [0.15, 0.2) is 6.61 Å². The first-order valence-corrected chi connectivity index (χ1v) is 9.65. The van der Waals surface area contributed by atoms with E-state index < -0.39 is 24.3 Å². The van der Waals surface area contributed by atoms with Crippen LogP contribution in [0, 0.1) is 5.82 Å². The highest BCUT2D eigenvalue weighted by Crippen LogP contribution is 2.28. The van der Waals surface area contributed by atoms with Crippen molar-refractivity contribution in [2.24, 2.45) is 0 Å². The van der Waals surface area contributed by atoms with E-state index in [0.717, 1.165) is 4.88 Å². The number of hydrogen-bond acceptors (Lipinski definition) is 5. The Morgan fingerprint density at radius 1 is 1.03 bits per heavy atom. The van der Waals surface area contributed by atoms with E-state index in [1.54, 1.807) is 24.3 Å². The highest BCUT2D eigenvalue weighted by atomic mass is 32.1. The van der Waals surface area contributed by atoms with Crippen LogP contribution >= 0.6 is 11.3 Å².